The molecule has 1 amide bonds. The van der Waals surface area contributed by atoms with Crippen molar-refractivity contribution >= 4 is 29.1 Å². The minimum atomic E-state index is -0.146. The number of hydrogen-bond acceptors (Lipinski definition) is 3. The zero-order valence-electron chi connectivity index (χ0n) is 10.5. The SMILES string of the molecule is O=C(c1cnc(Cl)c(Cl)c1)N(CCO)C1CCCC1. The number of pyridine rings is 1. The number of aliphatic hydroxyl groups is 1. The van der Waals surface area contributed by atoms with Gasteiger partial charge in [0.15, 0.2) is 0 Å². The predicted molar refractivity (Wildman–Crippen MR) is 74.6 cm³/mol. The van der Waals surface area contributed by atoms with Gasteiger partial charge < -0.3 is 10.0 Å². The lowest BCUT2D eigenvalue weighted by Gasteiger charge is -2.28. The van der Waals surface area contributed by atoms with E-state index in [1.807, 2.05) is 0 Å². The van der Waals surface area contributed by atoms with Crippen LogP contribution in [0.2, 0.25) is 10.2 Å². The highest BCUT2D eigenvalue weighted by atomic mass is 35.5. The minimum absolute atomic E-state index is 0.0447. The standard InChI is InChI=1S/C13H16Cl2N2O2/c14-11-7-9(8-16-12(11)15)13(19)17(5-6-18)10-3-1-2-4-10/h7-8,10,18H,1-6H2. The van der Waals surface area contributed by atoms with Crippen LogP contribution in [0.4, 0.5) is 0 Å². The van der Waals surface area contributed by atoms with Crippen molar-refractivity contribution < 1.29 is 9.90 Å². The number of aliphatic hydroxyl groups excluding tert-OH is 1. The van der Waals surface area contributed by atoms with E-state index in [1.54, 1.807) is 4.90 Å². The Morgan fingerprint density at radius 2 is 2.11 bits per heavy atom. The highest BCUT2D eigenvalue weighted by Crippen LogP contribution is 2.26. The molecule has 104 valence electrons. The first-order chi connectivity index (χ1) is 9.13. The van der Waals surface area contributed by atoms with Crippen molar-refractivity contribution in [2.75, 3.05) is 13.2 Å². The summed E-state index contributed by atoms with van der Waals surface area (Å²) in [7, 11) is 0. The molecule has 0 radical (unpaired) electrons. The zero-order chi connectivity index (χ0) is 13.8. The van der Waals surface area contributed by atoms with Gasteiger partial charge in [0.05, 0.1) is 17.2 Å². The van der Waals surface area contributed by atoms with Gasteiger partial charge >= 0.3 is 0 Å². The summed E-state index contributed by atoms with van der Waals surface area (Å²) >= 11 is 11.6. The van der Waals surface area contributed by atoms with Crippen LogP contribution in [-0.4, -0.2) is 40.1 Å². The Bertz CT molecular complexity index is 462. The van der Waals surface area contributed by atoms with Crippen LogP contribution in [0.25, 0.3) is 0 Å². The molecule has 1 aliphatic carbocycles. The average molecular weight is 303 g/mol. The van der Waals surface area contributed by atoms with Crippen molar-refractivity contribution in [2.45, 2.75) is 31.7 Å². The molecule has 1 N–H and O–H groups in total. The minimum Gasteiger partial charge on any atom is -0.395 e. The number of carbonyl (C=O) groups excluding carboxylic acids is 1. The number of halogens is 2. The lowest BCUT2D eigenvalue weighted by Crippen LogP contribution is -2.40. The van der Waals surface area contributed by atoms with Gasteiger partial charge in [-0.2, -0.15) is 0 Å². The summed E-state index contributed by atoms with van der Waals surface area (Å²) in [6.45, 7) is 0.292. The third kappa shape index (κ3) is 3.38. The molecule has 6 heteroatoms. The van der Waals surface area contributed by atoms with Crippen LogP contribution in [-0.2, 0) is 0 Å². The van der Waals surface area contributed by atoms with Gasteiger partial charge in [0.1, 0.15) is 5.15 Å². The first-order valence-corrected chi connectivity index (χ1v) is 7.12. The maximum Gasteiger partial charge on any atom is 0.255 e. The van der Waals surface area contributed by atoms with Crippen LogP contribution in [0.15, 0.2) is 12.3 Å². The van der Waals surface area contributed by atoms with E-state index in [-0.39, 0.29) is 28.7 Å². The molecule has 0 bridgehead atoms. The highest BCUT2D eigenvalue weighted by Gasteiger charge is 2.27. The van der Waals surface area contributed by atoms with Crippen molar-refractivity contribution in [2.24, 2.45) is 0 Å². The maximum absolute atomic E-state index is 12.5. The van der Waals surface area contributed by atoms with Crippen molar-refractivity contribution in [3.63, 3.8) is 0 Å². The fourth-order valence-corrected chi connectivity index (χ4v) is 2.75. The Kier molecular flexibility index (Phi) is 5.02. The van der Waals surface area contributed by atoms with Gasteiger partial charge in [0, 0.05) is 18.8 Å². The Labute approximate surface area is 122 Å². The molecule has 1 saturated carbocycles. The number of aromatic nitrogens is 1. The van der Waals surface area contributed by atoms with Crippen molar-refractivity contribution in [1.82, 2.24) is 9.88 Å². The molecule has 0 spiro atoms. The molecule has 0 atom stereocenters. The largest absolute Gasteiger partial charge is 0.395 e. The van der Waals surface area contributed by atoms with E-state index in [4.69, 9.17) is 28.3 Å². The molecule has 2 rings (SSSR count). The molecule has 0 aromatic carbocycles. The second kappa shape index (κ2) is 6.55. The fourth-order valence-electron chi connectivity index (χ4n) is 2.48. The molecule has 1 aromatic heterocycles. The quantitative estimate of drug-likeness (QED) is 0.870. The number of amides is 1. The van der Waals surface area contributed by atoms with E-state index < -0.39 is 0 Å². The lowest BCUT2D eigenvalue weighted by molar-refractivity contribution is 0.0637. The number of carbonyl (C=O) groups is 1. The average Bonchev–Trinajstić information content (AvgIpc) is 2.92. The number of nitrogens with zero attached hydrogens (tertiary/aromatic N) is 2. The normalized spacial score (nSPS) is 15.7. The van der Waals surface area contributed by atoms with Crippen molar-refractivity contribution in [3.05, 3.63) is 28.0 Å². The molecule has 0 aliphatic heterocycles. The van der Waals surface area contributed by atoms with Gasteiger partial charge in [-0.25, -0.2) is 4.98 Å². The fraction of sp³-hybridized carbons (Fsp3) is 0.538. The van der Waals surface area contributed by atoms with Crippen LogP contribution < -0.4 is 0 Å². The summed E-state index contributed by atoms with van der Waals surface area (Å²) in [4.78, 5) is 18.1. The van der Waals surface area contributed by atoms with Crippen molar-refractivity contribution in [3.8, 4) is 0 Å². The third-order valence-corrected chi connectivity index (χ3v) is 4.10. The molecule has 1 heterocycles. The van der Waals surface area contributed by atoms with Gasteiger partial charge in [-0.1, -0.05) is 36.0 Å². The summed E-state index contributed by atoms with van der Waals surface area (Å²) < 4.78 is 0. The summed E-state index contributed by atoms with van der Waals surface area (Å²) in [5, 5.41) is 9.59. The van der Waals surface area contributed by atoms with Crippen molar-refractivity contribution in [1.29, 1.82) is 0 Å². The Morgan fingerprint density at radius 3 is 2.68 bits per heavy atom. The molecule has 0 saturated heterocycles. The molecular weight excluding hydrogens is 287 g/mol. The second-order valence-corrected chi connectivity index (χ2v) is 5.42. The van der Waals surface area contributed by atoms with Crippen LogP contribution in [0.1, 0.15) is 36.0 Å². The zero-order valence-corrected chi connectivity index (χ0v) is 12.0. The summed E-state index contributed by atoms with van der Waals surface area (Å²) in [5.74, 6) is -0.146. The maximum atomic E-state index is 12.5. The van der Waals surface area contributed by atoms with Gasteiger partial charge in [0.2, 0.25) is 0 Å². The van der Waals surface area contributed by atoms with Crippen LogP contribution >= 0.6 is 23.2 Å². The van der Waals surface area contributed by atoms with E-state index in [9.17, 15) is 4.79 Å². The van der Waals surface area contributed by atoms with E-state index in [0.29, 0.717) is 12.1 Å². The first kappa shape index (κ1) is 14.6. The Hall–Kier alpha value is -0.840. The van der Waals surface area contributed by atoms with E-state index in [2.05, 4.69) is 4.98 Å². The first-order valence-electron chi connectivity index (χ1n) is 6.36. The molecule has 1 aromatic rings. The Morgan fingerprint density at radius 1 is 1.42 bits per heavy atom. The van der Waals surface area contributed by atoms with E-state index in [0.717, 1.165) is 25.7 Å². The molecular formula is C13H16Cl2N2O2. The Balaban J connectivity index is 2.20. The molecule has 0 unspecified atom stereocenters. The van der Waals surface area contributed by atoms with E-state index >= 15 is 0 Å². The number of rotatable bonds is 4. The van der Waals surface area contributed by atoms with Gasteiger partial charge in [-0.3, -0.25) is 4.79 Å². The van der Waals surface area contributed by atoms with Crippen LogP contribution in [0.3, 0.4) is 0 Å². The second-order valence-electron chi connectivity index (χ2n) is 4.66. The summed E-state index contributed by atoms with van der Waals surface area (Å²) in [6.07, 6.45) is 5.65. The van der Waals surface area contributed by atoms with Gasteiger partial charge in [0.25, 0.3) is 5.91 Å². The molecule has 1 fully saturated rings. The summed E-state index contributed by atoms with van der Waals surface area (Å²) in [5.41, 5.74) is 0.412. The summed E-state index contributed by atoms with van der Waals surface area (Å²) in [6, 6.07) is 1.73. The lowest BCUT2D eigenvalue weighted by atomic mass is 10.1. The molecule has 1 aliphatic rings. The van der Waals surface area contributed by atoms with E-state index in [1.165, 1.54) is 12.3 Å². The monoisotopic (exact) mass is 302 g/mol. The molecule has 19 heavy (non-hydrogen) atoms. The van der Waals surface area contributed by atoms with Gasteiger partial charge in [-0.05, 0) is 18.9 Å². The predicted octanol–water partition coefficient (Wildman–Crippen LogP) is 2.77. The topological polar surface area (TPSA) is 53.4 Å². The number of hydrogen-bond donors (Lipinski definition) is 1. The molecule has 4 nitrogen and oxygen atoms in total. The smallest absolute Gasteiger partial charge is 0.255 e. The van der Waals surface area contributed by atoms with Gasteiger partial charge in [-0.15, -0.1) is 0 Å². The van der Waals surface area contributed by atoms with Crippen LogP contribution in [0, 0.1) is 0 Å². The van der Waals surface area contributed by atoms with Crippen LogP contribution in [0.5, 0.6) is 0 Å². The third-order valence-electron chi connectivity index (χ3n) is 3.41. The highest BCUT2D eigenvalue weighted by molar-refractivity contribution is 6.41.